The second kappa shape index (κ2) is 11.9. The van der Waals surface area contributed by atoms with Crippen molar-refractivity contribution in [3.8, 4) is 11.5 Å². The van der Waals surface area contributed by atoms with E-state index in [0.717, 1.165) is 23.3 Å². The minimum atomic E-state index is -0.113. The summed E-state index contributed by atoms with van der Waals surface area (Å²) in [6.45, 7) is 5.80. The number of ether oxygens (including phenoxy) is 2. The molecule has 0 radical (unpaired) electrons. The number of methoxy groups -OCH3 is 1. The van der Waals surface area contributed by atoms with Crippen molar-refractivity contribution >= 4 is 34.0 Å². The maximum Gasteiger partial charge on any atom is 0.245 e. The van der Waals surface area contributed by atoms with Crippen LogP contribution in [-0.4, -0.2) is 66.7 Å². The van der Waals surface area contributed by atoms with E-state index in [0.29, 0.717) is 41.0 Å². The number of benzene rings is 2. The Morgan fingerprint density at radius 3 is 2.59 bits per heavy atom. The number of anilines is 3. The van der Waals surface area contributed by atoms with Crippen molar-refractivity contribution in [1.29, 1.82) is 0 Å². The average molecular weight is 508 g/mol. The van der Waals surface area contributed by atoms with E-state index in [9.17, 15) is 4.79 Å². The zero-order valence-electron chi connectivity index (χ0n) is 21.9. The number of amides is 1. The van der Waals surface area contributed by atoms with Crippen molar-refractivity contribution in [3.05, 3.63) is 54.6 Å². The van der Waals surface area contributed by atoms with E-state index < -0.39 is 0 Å². The molecule has 0 saturated heterocycles. The third-order valence-electron chi connectivity index (χ3n) is 5.82. The predicted octanol–water partition coefficient (Wildman–Crippen LogP) is 2.06. The highest BCUT2D eigenvalue weighted by Gasteiger charge is 2.20. The number of hydrogen-bond acceptors (Lipinski definition) is 9. The number of likely N-dealkylation sites (N-methyl/N-ethyl adjacent to an activating group) is 1. The Morgan fingerprint density at radius 2 is 1.92 bits per heavy atom. The van der Waals surface area contributed by atoms with Gasteiger partial charge in [-0.15, -0.1) is 0 Å². The molecule has 196 valence electrons. The molecule has 37 heavy (non-hydrogen) atoms. The molecule has 0 unspecified atom stereocenters. The second-order valence-corrected chi connectivity index (χ2v) is 9.33. The lowest BCUT2D eigenvalue weighted by Gasteiger charge is -2.15. The highest BCUT2D eigenvalue weighted by atomic mass is 16.5. The van der Waals surface area contributed by atoms with Crippen LogP contribution in [0.4, 0.5) is 17.2 Å². The fourth-order valence-electron chi connectivity index (χ4n) is 3.76. The highest BCUT2D eigenvalue weighted by Crippen LogP contribution is 2.35. The first-order chi connectivity index (χ1) is 17.8. The van der Waals surface area contributed by atoms with Gasteiger partial charge in [0.1, 0.15) is 42.5 Å². The number of hydrogen-bond donors (Lipinski definition) is 4. The lowest BCUT2D eigenvalue weighted by Crippen LogP contribution is -2.91. The summed E-state index contributed by atoms with van der Waals surface area (Å²) in [5.41, 5.74) is 8.40. The molecular formula is C26H35N8O3+. The van der Waals surface area contributed by atoms with Crippen LogP contribution in [0, 0.1) is 5.92 Å². The summed E-state index contributed by atoms with van der Waals surface area (Å²) < 4.78 is 11.5. The molecule has 5 N–H and O–H groups in total. The van der Waals surface area contributed by atoms with E-state index in [1.165, 1.54) is 6.33 Å². The molecule has 0 spiro atoms. The van der Waals surface area contributed by atoms with Crippen molar-refractivity contribution in [2.45, 2.75) is 13.8 Å². The van der Waals surface area contributed by atoms with Crippen LogP contribution < -0.4 is 31.1 Å². The molecule has 1 aliphatic heterocycles. The number of aromatic nitrogens is 2. The zero-order valence-corrected chi connectivity index (χ0v) is 21.9. The number of nitrogens with two attached hydrogens (primary N) is 1. The fraction of sp³-hybridized carbons (Fsp3) is 0.346. The maximum atomic E-state index is 12.5. The van der Waals surface area contributed by atoms with Gasteiger partial charge >= 0.3 is 0 Å². The van der Waals surface area contributed by atoms with Gasteiger partial charge < -0.3 is 25.0 Å². The molecule has 0 bridgehead atoms. The first-order valence-electron chi connectivity index (χ1n) is 12.2. The van der Waals surface area contributed by atoms with E-state index in [1.807, 2.05) is 62.1 Å². The van der Waals surface area contributed by atoms with Gasteiger partial charge in [0, 0.05) is 36.0 Å². The number of rotatable bonds is 11. The number of carbonyl (C=O) groups is 1. The molecule has 1 aliphatic rings. The van der Waals surface area contributed by atoms with E-state index in [4.69, 9.17) is 9.47 Å². The number of nitrogens with one attached hydrogen (secondary N) is 3. The predicted molar refractivity (Wildman–Crippen MR) is 143 cm³/mol. The average Bonchev–Trinajstić information content (AvgIpc) is 3.33. The summed E-state index contributed by atoms with van der Waals surface area (Å²) >= 11 is 0. The molecular weight excluding hydrogens is 472 g/mol. The number of allylic oxidation sites excluding steroid dienone is 1. The Kier molecular flexibility index (Phi) is 8.39. The summed E-state index contributed by atoms with van der Waals surface area (Å²) in [6.07, 6.45) is 3.46. The fourth-order valence-corrected chi connectivity index (χ4v) is 3.76. The smallest absolute Gasteiger partial charge is 0.245 e. The van der Waals surface area contributed by atoms with Crippen molar-refractivity contribution in [3.63, 3.8) is 0 Å². The Bertz CT molecular complexity index is 1260. The molecule has 4 rings (SSSR count). The van der Waals surface area contributed by atoms with Crippen molar-refractivity contribution < 1.29 is 19.7 Å². The van der Waals surface area contributed by atoms with Crippen LogP contribution in [-0.2, 0) is 4.79 Å². The van der Waals surface area contributed by atoms with Crippen LogP contribution in [0.1, 0.15) is 13.8 Å². The van der Waals surface area contributed by atoms with Gasteiger partial charge in [-0.25, -0.2) is 15.4 Å². The number of quaternary nitrogens is 1. The third kappa shape index (κ3) is 6.85. The SMILES string of the molecule is COc1cc(OCCN(C)C)cc2ncnc(Nc3ccc(NC(=O)CN4C=C(C(C)C)[NH2+]N4)cc3)c12. The van der Waals surface area contributed by atoms with Crippen LogP contribution in [0.25, 0.3) is 10.9 Å². The van der Waals surface area contributed by atoms with Crippen LogP contribution in [0.5, 0.6) is 11.5 Å². The van der Waals surface area contributed by atoms with Gasteiger partial charge in [-0.2, -0.15) is 0 Å². The molecule has 2 aromatic carbocycles. The second-order valence-electron chi connectivity index (χ2n) is 9.33. The number of fused-ring (bicyclic) bond motifs is 1. The molecule has 11 nitrogen and oxygen atoms in total. The first kappa shape index (κ1) is 26.1. The summed E-state index contributed by atoms with van der Waals surface area (Å²) in [4.78, 5) is 23.4. The van der Waals surface area contributed by atoms with Crippen molar-refractivity contribution in [2.24, 2.45) is 5.92 Å². The van der Waals surface area contributed by atoms with Crippen LogP contribution in [0.2, 0.25) is 0 Å². The van der Waals surface area contributed by atoms with Crippen LogP contribution in [0.3, 0.4) is 0 Å². The third-order valence-corrected chi connectivity index (χ3v) is 5.82. The summed E-state index contributed by atoms with van der Waals surface area (Å²) in [5.74, 6) is 2.21. The Morgan fingerprint density at radius 1 is 1.16 bits per heavy atom. The quantitative estimate of drug-likeness (QED) is 0.289. The van der Waals surface area contributed by atoms with Gasteiger partial charge in [-0.1, -0.05) is 19.4 Å². The summed E-state index contributed by atoms with van der Waals surface area (Å²) in [6, 6.07) is 11.2. The molecule has 0 aliphatic carbocycles. The lowest BCUT2D eigenvalue weighted by molar-refractivity contribution is -0.680. The number of nitrogens with zero attached hydrogens (tertiary/aromatic N) is 4. The van der Waals surface area contributed by atoms with Crippen LogP contribution >= 0.6 is 0 Å². The molecule has 1 aromatic heterocycles. The largest absolute Gasteiger partial charge is 0.496 e. The monoisotopic (exact) mass is 507 g/mol. The van der Waals surface area contributed by atoms with Gasteiger partial charge in [0.2, 0.25) is 5.91 Å². The normalized spacial score (nSPS) is 13.3. The number of hydrazine groups is 1. The molecule has 0 saturated carbocycles. The Balaban J connectivity index is 1.42. The maximum absolute atomic E-state index is 12.5. The van der Waals surface area contributed by atoms with E-state index in [-0.39, 0.29) is 12.5 Å². The summed E-state index contributed by atoms with van der Waals surface area (Å²) in [7, 11) is 5.61. The molecule has 1 amide bonds. The van der Waals surface area contributed by atoms with E-state index in [2.05, 4.69) is 44.9 Å². The molecule has 2 heterocycles. The number of carbonyl (C=O) groups excluding carboxylic acids is 1. The van der Waals surface area contributed by atoms with Gasteiger partial charge in [0.25, 0.3) is 0 Å². The Hall–Kier alpha value is -3.93. The van der Waals surface area contributed by atoms with Gasteiger partial charge in [-0.05, 0) is 38.4 Å². The van der Waals surface area contributed by atoms with Gasteiger partial charge in [-0.3, -0.25) is 9.80 Å². The minimum Gasteiger partial charge on any atom is -0.496 e. The molecule has 11 heteroatoms. The molecule has 0 fully saturated rings. The van der Waals surface area contributed by atoms with Crippen molar-refractivity contribution in [1.82, 2.24) is 25.4 Å². The van der Waals surface area contributed by atoms with E-state index in [1.54, 1.807) is 12.1 Å². The highest BCUT2D eigenvalue weighted by molar-refractivity contribution is 5.97. The van der Waals surface area contributed by atoms with Gasteiger partial charge in [0.05, 0.1) is 24.2 Å². The van der Waals surface area contributed by atoms with Crippen LogP contribution in [0.15, 0.2) is 54.6 Å². The standard InChI is InChI=1S/C26H34N8O3/c1-17(2)22-14-34(32-31-22)15-24(35)29-18-6-8-19(9-7-18)30-26-25-21(27-16-28-26)12-20(13-23(25)36-5)37-11-10-33(3)4/h6-9,12-14,16-17,31-32H,10-11,15H2,1-5H3,(H,29,35)(H,27,28,30)/p+1. The molecule has 3 aromatic rings. The Labute approximate surface area is 216 Å². The van der Waals surface area contributed by atoms with E-state index >= 15 is 0 Å². The lowest BCUT2D eigenvalue weighted by atomic mass is 10.2. The minimum absolute atomic E-state index is 0.113. The first-order valence-corrected chi connectivity index (χ1v) is 12.2. The molecule has 0 atom stereocenters. The zero-order chi connectivity index (χ0) is 26.4. The van der Waals surface area contributed by atoms with Crippen molar-refractivity contribution in [2.75, 3.05) is 51.5 Å². The topological polar surface area (TPSA) is 120 Å². The van der Waals surface area contributed by atoms with Gasteiger partial charge in [0.15, 0.2) is 0 Å². The summed E-state index contributed by atoms with van der Waals surface area (Å²) in [5, 5.41) is 8.79.